The van der Waals surface area contributed by atoms with Crippen LogP contribution in [0.1, 0.15) is 5.76 Å². The predicted molar refractivity (Wildman–Crippen MR) is 42.7 cm³/mol. The van der Waals surface area contributed by atoms with Gasteiger partial charge in [0.15, 0.2) is 0 Å². The summed E-state index contributed by atoms with van der Waals surface area (Å²) in [7, 11) is 1.58. The van der Waals surface area contributed by atoms with Crippen molar-refractivity contribution >= 4 is 6.08 Å². The number of hydrogen-bond donors (Lipinski definition) is 1. The third-order valence-corrected chi connectivity index (χ3v) is 1.31. The summed E-state index contributed by atoms with van der Waals surface area (Å²) in [5, 5.41) is 0. The minimum atomic E-state index is 0.386. The maximum absolute atomic E-state index is 5.36. The van der Waals surface area contributed by atoms with E-state index in [-0.39, 0.29) is 0 Å². The second-order valence-electron chi connectivity index (χ2n) is 2.03. The van der Waals surface area contributed by atoms with E-state index < -0.39 is 0 Å². The van der Waals surface area contributed by atoms with Crippen LogP contribution in [0.15, 0.2) is 28.6 Å². The van der Waals surface area contributed by atoms with Gasteiger partial charge in [-0.15, -0.1) is 0 Å². The fourth-order valence-electron chi connectivity index (χ4n) is 0.733. The molecule has 0 aliphatic heterocycles. The highest BCUT2D eigenvalue weighted by atomic mass is 16.5. The summed E-state index contributed by atoms with van der Waals surface area (Å²) in [6, 6.07) is 3.66. The molecule has 1 rings (SSSR count). The zero-order valence-corrected chi connectivity index (χ0v) is 6.41. The van der Waals surface area contributed by atoms with E-state index in [4.69, 9.17) is 14.9 Å². The summed E-state index contributed by atoms with van der Waals surface area (Å²) in [5.74, 6) is 1.47. The Balaban J connectivity index is 2.71. The highest BCUT2D eigenvalue weighted by Gasteiger charge is 1.94. The van der Waals surface area contributed by atoms with E-state index in [2.05, 4.69) is 0 Å². The molecule has 0 radical (unpaired) electrons. The normalized spacial score (nSPS) is 11.6. The van der Waals surface area contributed by atoms with Crippen LogP contribution in [0.5, 0.6) is 0 Å². The van der Waals surface area contributed by atoms with E-state index in [0.717, 1.165) is 5.76 Å². The molecule has 0 atom stereocenters. The smallest absolute Gasteiger partial charge is 0.130 e. The second-order valence-corrected chi connectivity index (χ2v) is 2.03. The van der Waals surface area contributed by atoms with Gasteiger partial charge >= 0.3 is 0 Å². The zero-order chi connectivity index (χ0) is 8.10. The molecule has 60 valence electrons. The van der Waals surface area contributed by atoms with Gasteiger partial charge in [0.2, 0.25) is 0 Å². The highest BCUT2D eigenvalue weighted by Crippen LogP contribution is 2.06. The molecule has 0 aliphatic rings. The van der Waals surface area contributed by atoms with Crippen molar-refractivity contribution in [3.8, 4) is 0 Å². The van der Waals surface area contributed by atoms with Crippen LogP contribution in [0, 0.1) is 0 Å². The Morgan fingerprint density at radius 2 is 2.64 bits per heavy atom. The second kappa shape index (κ2) is 3.83. The summed E-state index contributed by atoms with van der Waals surface area (Å²) >= 11 is 0. The van der Waals surface area contributed by atoms with Crippen LogP contribution in [-0.4, -0.2) is 13.7 Å². The lowest BCUT2D eigenvalue weighted by atomic mass is 10.3. The van der Waals surface area contributed by atoms with Crippen molar-refractivity contribution in [2.24, 2.45) is 5.73 Å². The van der Waals surface area contributed by atoms with Gasteiger partial charge in [0.25, 0.3) is 0 Å². The van der Waals surface area contributed by atoms with Gasteiger partial charge < -0.3 is 14.9 Å². The van der Waals surface area contributed by atoms with E-state index in [1.165, 1.54) is 0 Å². The molecule has 1 aromatic rings. The Morgan fingerprint density at radius 1 is 1.82 bits per heavy atom. The molecule has 0 aromatic carbocycles. The molecular formula is C8H11NO2. The molecule has 0 fully saturated rings. The van der Waals surface area contributed by atoms with Crippen LogP contribution < -0.4 is 5.73 Å². The van der Waals surface area contributed by atoms with Gasteiger partial charge in [0.1, 0.15) is 11.5 Å². The largest absolute Gasteiger partial charge is 0.500 e. The van der Waals surface area contributed by atoms with Crippen molar-refractivity contribution in [3.05, 3.63) is 29.9 Å². The average molecular weight is 153 g/mol. The van der Waals surface area contributed by atoms with E-state index in [1.807, 2.05) is 12.1 Å². The SMILES string of the molecule is COC(=Cc1ccco1)CN. The standard InChI is InChI=1S/C8H11NO2/c1-10-8(6-9)5-7-3-2-4-11-7/h2-5H,6,9H2,1H3. The van der Waals surface area contributed by atoms with Gasteiger partial charge in [-0.05, 0) is 12.1 Å². The predicted octanol–water partition coefficient (Wildman–Crippen LogP) is 1.23. The Kier molecular flexibility index (Phi) is 2.74. The van der Waals surface area contributed by atoms with Crippen molar-refractivity contribution in [2.45, 2.75) is 0 Å². The van der Waals surface area contributed by atoms with Gasteiger partial charge in [0, 0.05) is 6.08 Å². The summed E-state index contributed by atoms with van der Waals surface area (Å²) < 4.78 is 10.0. The fraction of sp³-hybridized carbons (Fsp3) is 0.250. The van der Waals surface area contributed by atoms with Crippen molar-refractivity contribution in [2.75, 3.05) is 13.7 Å². The Morgan fingerprint density at radius 3 is 3.09 bits per heavy atom. The Labute approximate surface area is 65.4 Å². The highest BCUT2D eigenvalue weighted by molar-refractivity contribution is 5.45. The fourth-order valence-corrected chi connectivity index (χ4v) is 0.733. The molecule has 3 nitrogen and oxygen atoms in total. The van der Waals surface area contributed by atoms with Crippen molar-refractivity contribution in [1.29, 1.82) is 0 Å². The molecule has 1 aromatic heterocycles. The molecule has 0 saturated carbocycles. The number of furan rings is 1. The average Bonchev–Trinajstić information content (AvgIpc) is 2.52. The van der Waals surface area contributed by atoms with Gasteiger partial charge in [-0.2, -0.15) is 0 Å². The number of nitrogens with two attached hydrogens (primary N) is 1. The van der Waals surface area contributed by atoms with Gasteiger partial charge in [-0.1, -0.05) is 0 Å². The van der Waals surface area contributed by atoms with Crippen molar-refractivity contribution < 1.29 is 9.15 Å². The molecule has 11 heavy (non-hydrogen) atoms. The number of methoxy groups -OCH3 is 1. The van der Waals surface area contributed by atoms with Crippen LogP contribution in [0.4, 0.5) is 0 Å². The first-order chi connectivity index (χ1) is 5.36. The summed E-state index contributed by atoms with van der Waals surface area (Å²) in [4.78, 5) is 0. The van der Waals surface area contributed by atoms with Crippen molar-refractivity contribution in [1.82, 2.24) is 0 Å². The maximum Gasteiger partial charge on any atom is 0.130 e. The van der Waals surface area contributed by atoms with Crippen LogP contribution in [0.2, 0.25) is 0 Å². The lowest BCUT2D eigenvalue weighted by Gasteiger charge is -1.99. The quantitative estimate of drug-likeness (QED) is 0.664. The Bertz CT molecular complexity index is 220. The van der Waals surface area contributed by atoms with Crippen LogP contribution in [0.25, 0.3) is 6.08 Å². The lowest BCUT2D eigenvalue weighted by Crippen LogP contribution is -2.03. The molecule has 3 heteroatoms. The van der Waals surface area contributed by atoms with Gasteiger partial charge in [-0.3, -0.25) is 0 Å². The van der Waals surface area contributed by atoms with Gasteiger partial charge in [-0.25, -0.2) is 0 Å². The first kappa shape index (κ1) is 7.88. The molecular weight excluding hydrogens is 142 g/mol. The van der Waals surface area contributed by atoms with E-state index >= 15 is 0 Å². The zero-order valence-electron chi connectivity index (χ0n) is 6.41. The molecule has 0 amide bonds. The summed E-state index contributed by atoms with van der Waals surface area (Å²) in [5.41, 5.74) is 5.36. The van der Waals surface area contributed by atoms with E-state index in [9.17, 15) is 0 Å². The molecule has 2 N–H and O–H groups in total. The number of hydrogen-bond acceptors (Lipinski definition) is 3. The van der Waals surface area contributed by atoms with Crippen molar-refractivity contribution in [3.63, 3.8) is 0 Å². The third kappa shape index (κ3) is 2.13. The number of rotatable bonds is 3. The first-order valence-corrected chi connectivity index (χ1v) is 3.35. The number of ether oxygens (including phenoxy) is 1. The van der Waals surface area contributed by atoms with Crippen LogP contribution in [-0.2, 0) is 4.74 Å². The van der Waals surface area contributed by atoms with Gasteiger partial charge in [0.05, 0.1) is 19.9 Å². The molecule has 0 unspecified atom stereocenters. The molecule has 1 heterocycles. The molecule has 0 saturated heterocycles. The topological polar surface area (TPSA) is 48.4 Å². The molecule has 0 aliphatic carbocycles. The summed E-state index contributed by atoms with van der Waals surface area (Å²) in [6.45, 7) is 0.386. The summed E-state index contributed by atoms with van der Waals surface area (Å²) in [6.07, 6.45) is 3.37. The first-order valence-electron chi connectivity index (χ1n) is 3.35. The minimum Gasteiger partial charge on any atom is -0.500 e. The molecule has 0 bridgehead atoms. The van der Waals surface area contributed by atoms with Crippen LogP contribution >= 0.6 is 0 Å². The van der Waals surface area contributed by atoms with E-state index in [1.54, 1.807) is 19.4 Å². The van der Waals surface area contributed by atoms with Crippen LogP contribution in [0.3, 0.4) is 0 Å². The van der Waals surface area contributed by atoms with E-state index in [0.29, 0.717) is 12.3 Å². The monoisotopic (exact) mass is 153 g/mol. The lowest BCUT2D eigenvalue weighted by molar-refractivity contribution is 0.290. The molecule has 0 spiro atoms. The maximum atomic E-state index is 5.36. The minimum absolute atomic E-state index is 0.386. The third-order valence-electron chi connectivity index (χ3n) is 1.31. The Hall–Kier alpha value is -1.22.